The first-order chi connectivity index (χ1) is 10.7. The Morgan fingerprint density at radius 1 is 1.09 bits per heavy atom. The summed E-state index contributed by atoms with van der Waals surface area (Å²) in [6, 6.07) is 5.40. The number of hydrazine groups is 1. The van der Waals surface area contributed by atoms with Crippen molar-refractivity contribution >= 4 is 21.7 Å². The topological polar surface area (TPSA) is 127 Å². The highest BCUT2D eigenvalue weighted by molar-refractivity contribution is 7.89. The maximum absolute atomic E-state index is 12.2. The van der Waals surface area contributed by atoms with Gasteiger partial charge >= 0.3 is 0 Å². The van der Waals surface area contributed by atoms with Crippen LogP contribution >= 0.6 is 0 Å². The summed E-state index contributed by atoms with van der Waals surface area (Å²) in [6.07, 6.45) is 0. The Labute approximate surface area is 133 Å². The summed E-state index contributed by atoms with van der Waals surface area (Å²) >= 11 is 0. The van der Waals surface area contributed by atoms with Crippen LogP contribution in [-0.2, 0) is 10.0 Å². The van der Waals surface area contributed by atoms with E-state index in [0.29, 0.717) is 17.0 Å². The number of aromatic nitrogens is 2. The predicted molar refractivity (Wildman–Crippen MR) is 83.3 cm³/mol. The second-order valence-electron chi connectivity index (χ2n) is 4.91. The Bertz CT molecular complexity index is 846. The minimum absolute atomic E-state index is 0.0905. The highest BCUT2D eigenvalue weighted by atomic mass is 32.2. The molecular weight excluding hydrogens is 322 g/mol. The van der Waals surface area contributed by atoms with Crippen LogP contribution in [0, 0.1) is 30.9 Å². The lowest BCUT2D eigenvalue weighted by atomic mass is 10.2. The van der Waals surface area contributed by atoms with Gasteiger partial charge in [-0.3, -0.25) is 15.5 Å². The number of nitro benzene ring substituents is 1. The molecule has 0 aliphatic heterocycles. The van der Waals surface area contributed by atoms with Gasteiger partial charge in [0.15, 0.2) is 0 Å². The van der Waals surface area contributed by atoms with Crippen molar-refractivity contribution in [3.8, 4) is 0 Å². The average molecular weight is 337 g/mol. The maximum atomic E-state index is 12.2. The van der Waals surface area contributed by atoms with Crippen LogP contribution in [0.3, 0.4) is 0 Å². The lowest BCUT2D eigenvalue weighted by molar-refractivity contribution is -0.385. The monoisotopic (exact) mass is 337 g/mol. The Balaban J connectivity index is 2.25. The molecule has 0 fully saturated rings. The van der Waals surface area contributed by atoms with E-state index in [1.807, 2.05) is 0 Å². The average Bonchev–Trinajstić information content (AvgIpc) is 2.44. The lowest BCUT2D eigenvalue weighted by Crippen LogP contribution is -2.30. The first-order valence-corrected chi connectivity index (χ1v) is 8.02. The summed E-state index contributed by atoms with van der Waals surface area (Å²) < 4.78 is 24.4. The second-order valence-corrected chi connectivity index (χ2v) is 6.59. The SMILES string of the molecule is Cc1cc(C)nc(NNS(=O)(=O)c2ccc(C)c([N+](=O)[O-])c2)n1. The largest absolute Gasteiger partial charge is 0.276 e. The Morgan fingerprint density at radius 2 is 1.70 bits per heavy atom. The quantitative estimate of drug-likeness (QED) is 0.626. The summed E-state index contributed by atoms with van der Waals surface area (Å²) in [5, 5.41) is 10.9. The summed E-state index contributed by atoms with van der Waals surface area (Å²) in [4.78, 5) is 20.2. The fourth-order valence-corrected chi connectivity index (χ4v) is 2.76. The van der Waals surface area contributed by atoms with Crippen molar-refractivity contribution in [2.24, 2.45) is 0 Å². The summed E-state index contributed by atoms with van der Waals surface area (Å²) in [6.45, 7) is 5.03. The van der Waals surface area contributed by atoms with Gasteiger partial charge in [-0.25, -0.2) is 18.4 Å². The molecule has 0 unspecified atom stereocenters. The molecule has 0 aliphatic rings. The van der Waals surface area contributed by atoms with Gasteiger partial charge < -0.3 is 0 Å². The van der Waals surface area contributed by atoms with Gasteiger partial charge in [0.1, 0.15) is 0 Å². The minimum atomic E-state index is -4.00. The van der Waals surface area contributed by atoms with E-state index in [4.69, 9.17) is 0 Å². The van der Waals surface area contributed by atoms with E-state index in [-0.39, 0.29) is 16.5 Å². The van der Waals surface area contributed by atoms with E-state index < -0.39 is 14.9 Å². The molecule has 10 heteroatoms. The molecule has 1 aromatic heterocycles. The number of hydrogen-bond acceptors (Lipinski definition) is 7. The van der Waals surface area contributed by atoms with Crippen LogP contribution in [0.2, 0.25) is 0 Å². The molecule has 0 saturated carbocycles. The first kappa shape index (κ1) is 16.8. The Morgan fingerprint density at radius 3 is 2.26 bits per heavy atom. The third-order valence-electron chi connectivity index (χ3n) is 2.97. The lowest BCUT2D eigenvalue weighted by Gasteiger charge is -2.09. The zero-order valence-electron chi connectivity index (χ0n) is 12.7. The Hall–Kier alpha value is -2.59. The number of hydrogen-bond donors (Lipinski definition) is 2. The number of benzene rings is 1. The molecule has 2 N–H and O–H groups in total. The number of nitro groups is 1. The molecule has 0 bridgehead atoms. The van der Waals surface area contributed by atoms with Gasteiger partial charge in [-0.15, -0.1) is 4.83 Å². The predicted octanol–water partition coefficient (Wildman–Crippen LogP) is 1.62. The molecule has 1 aromatic carbocycles. The summed E-state index contributed by atoms with van der Waals surface area (Å²) in [5.41, 5.74) is 3.85. The molecule has 0 spiro atoms. The first-order valence-electron chi connectivity index (χ1n) is 6.54. The van der Waals surface area contributed by atoms with Crippen LogP contribution < -0.4 is 10.3 Å². The minimum Gasteiger partial charge on any atom is -0.276 e. The molecule has 0 amide bonds. The van der Waals surface area contributed by atoms with Crippen LogP contribution in [-0.4, -0.2) is 23.3 Å². The summed E-state index contributed by atoms with van der Waals surface area (Å²) in [7, 11) is -4.00. The highest BCUT2D eigenvalue weighted by Gasteiger charge is 2.20. The maximum Gasteiger partial charge on any atom is 0.273 e. The summed E-state index contributed by atoms with van der Waals surface area (Å²) in [5.74, 6) is 0.0905. The number of anilines is 1. The van der Waals surface area contributed by atoms with Crippen LogP contribution in [0.1, 0.15) is 17.0 Å². The molecular formula is C13H15N5O4S. The van der Waals surface area contributed by atoms with E-state index >= 15 is 0 Å². The van der Waals surface area contributed by atoms with Crippen LogP contribution in [0.15, 0.2) is 29.2 Å². The van der Waals surface area contributed by atoms with Crippen molar-refractivity contribution in [2.45, 2.75) is 25.7 Å². The van der Waals surface area contributed by atoms with E-state index in [0.717, 1.165) is 6.07 Å². The third kappa shape index (κ3) is 3.99. The number of nitrogens with zero attached hydrogens (tertiary/aromatic N) is 3. The second kappa shape index (κ2) is 6.26. The van der Waals surface area contributed by atoms with Crippen molar-refractivity contribution in [2.75, 3.05) is 5.43 Å². The highest BCUT2D eigenvalue weighted by Crippen LogP contribution is 2.22. The zero-order valence-corrected chi connectivity index (χ0v) is 13.5. The molecule has 0 aliphatic carbocycles. The van der Waals surface area contributed by atoms with Crippen LogP contribution in [0.25, 0.3) is 0 Å². The van der Waals surface area contributed by atoms with Gasteiger partial charge in [0.25, 0.3) is 15.7 Å². The fraction of sp³-hybridized carbons (Fsp3) is 0.231. The molecule has 9 nitrogen and oxygen atoms in total. The Kier molecular flexibility index (Phi) is 4.57. The van der Waals surface area contributed by atoms with Crippen molar-refractivity contribution in [3.63, 3.8) is 0 Å². The number of aryl methyl sites for hydroxylation is 3. The number of rotatable bonds is 5. The van der Waals surface area contributed by atoms with Crippen LogP contribution in [0.5, 0.6) is 0 Å². The molecule has 1 heterocycles. The van der Waals surface area contributed by atoms with Crippen molar-refractivity contribution in [1.29, 1.82) is 0 Å². The standard InChI is InChI=1S/C13H15N5O4S/c1-8-4-5-11(7-12(8)18(19)20)23(21,22)17-16-13-14-9(2)6-10(3)15-13/h4-7,17H,1-3H3,(H,14,15,16). The van der Waals surface area contributed by atoms with E-state index in [1.54, 1.807) is 19.9 Å². The number of nitrogens with one attached hydrogen (secondary N) is 2. The zero-order chi connectivity index (χ0) is 17.2. The van der Waals surface area contributed by atoms with E-state index in [9.17, 15) is 18.5 Å². The van der Waals surface area contributed by atoms with Gasteiger partial charge in [0, 0.05) is 23.0 Å². The normalized spacial score (nSPS) is 11.3. The van der Waals surface area contributed by atoms with Crippen molar-refractivity contribution < 1.29 is 13.3 Å². The van der Waals surface area contributed by atoms with E-state index in [2.05, 4.69) is 20.2 Å². The number of sulfonamides is 1. The van der Waals surface area contributed by atoms with E-state index in [1.165, 1.54) is 19.1 Å². The molecule has 0 saturated heterocycles. The third-order valence-corrected chi connectivity index (χ3v) is 4.21. The van der Waals surface area contributed by atoms with Gasteiger partial charge in [-0.1, -0.05) is 6.07 Å². The van der Waals surface area contributed by atoms with Crippen LogP contribution in [0.4, 0.5) is 11.6 Å². The smallest absolute Gasteiger partial charge is 0.273 e. The van der Waals surface area contributed by atoms with Gasteiger partial charge in [-0.2, -0.15) is 0 Å². The van der Waals surface area contributed by atoms with Gasteiger partial charge in [-0.05, 0) is 32.9 Å². The van der Waals surface area contributed by atoms with Crippen molar-refractivity contribution in [1.82, 2.24) is 14.8 Å². The van der Waals surface area contributed by atoms with Gasteiger partial charge in [0.05, 0.1) is 9.82 Å². The molecule has 122 valence electrons. The molecule has 2 rings (SSSR count). The van der Waals surface area contributed by atoms with Crippen molar-refractivity contribution in [3.05, 3.63) is 51.3 Å². The molecule has 0 atom stereocenters. The molecule has 23 heavy (non-hydrogen) atoms. The molecule has 2 aromatic rings. The molecule has 0 radical (unpaired) electrons. The fourth-order valence-electron chi connectivity index (χ4n) is 1.91. The van der Waals surface area contributed by atoms with Gasteiger partial charge in [0.2, 0.25) is 5.95 Å².